The quantitative estimate of drug-likeness (QED) is 0.654. The van der Waals surface area contributed by atoms with Gasteiger partial charge in [0.2, 0.25) is 0 Å². The summed E-state index contributed by atoms with van der Waals surface area (Å²) in [5.41, 5.74) is 6.50. The highest BCUT2D eigenvalue weighted by Gasteiger charge is 2.18. The van der Waals surface area contributed by atoms with Gasteiger partial charge in [-0.25, -0.2) is 4.98 Å². The number of carbonyl (C=O) groups is 1. The van der Waals surface area contributed by atoms with Crippen molar-refractivity contribution in [1.82, 2.24) is 4.98 Å². The topological polar surface area (TPSA) is 56.0 Å². The Morgan fingerprint density at radius 3 is 2.83 bits per heavy atom. The van der Waals surface area contributed by atoms with Crippen LogP contribution in [0.1, 0.15) is 42.1 Å². The Hall–Kier alpha value is -1.61. The number of allylic oxidation sites excluding steroid dienone is 4. The van der Waals surface area contributed by atoms with Crippen LogP contribution in [-0.2, 0) is 0 Å². The fourth-order valence-corrected chi connectivity index (χ4v) is 2.03. The van der Waals surface area contributed by atoms with Crippen LogP contribution in [0.25, 0.3) is 0 Å². The Labute approximate surface area is 112 Å². The molecule has 0 saturated carbocycles. The molecule has 2 N–H and O–H groups in total. The lowest BCUT2D eigenvalue weighted by molar-refractivity contribution is 0.0999. The molecule has 4 heteroatoms. The minimum atomic E-state index is -0.541. The van der Waals surface area contributed by atoms with Crippen molar-refractivity contribution in [2.45, 2.75) is 26.2 Å². The lowest BCUT2D eigenvalue weighted by atomic mass is 9.92. The number of pyridine rings is 1. The molecule has 96 valence electrons. The molecular formula is C14H17ClN2O. The van der Waals surface area contributed by atoms with E-state index in [4.69, 9.17) is 17.3 Å². The second-order valence-corrected chi connectivity index (χ2v) is 4.21. The van der Waals surface area contributed by atoms with Gasteiger partial charge >= 0.3 is 0 Å². The summed E-state index contributed by atoms with van der Waals surface area (Å²) in [6, 6.07) is 1.79. The Balaban J connectivity index is 3.21. The molecule has 0 radical (unpaired) electrons. The fourth-order valence-electron chi connectivity index (χ4n) is 1.77. The molecule has 0 aliphatic rings. The predicted molar refractivity (Wildman–Crippen MR) is 74.8 cm³/mol. The Morgan fingerprint density at radius 1 is 1.56 bits per heavy atom. The molecule has 0 aromatic carbocycles. The molecule has 0 fully saturated rings. The molecule has 0 bridgehead atoms. The second kappa shape index (κ2) is 6.97. The zero-order valence-electron chi connectivity index (χ0n) is 10.6. The largest absolute Gasteiger partial charge is 0.365 e. The summed E-state index contributed by atoms with van der Waals surface area (Å²) in [6.45, 7) is 3.99. The first kappa shape index (κ1) is 14.5. The monoisotopic (exact) mass is 264 g/mol. The van der Waals surface area contributed by atoms with Crippen molar-refractivity contribution in [3.8, 4) is 0 Å². The van der Waals surface area contributed by atoms with Gasteiger partial charge in [-0.15, -0.1) is 0 Å². The molecule has 0 aliphatic carbocycles. The van der Waals surface area contributed by atoms with E-state index in [0.29, 0.717) is 5.56 Å². The highest BCUT2D eigenvalue weighted by Crippen LogP contribution is 2.27. The molecule has 1 aromatic rings. The molecule has 0 aliphatic heterocycles. The first-order chi connectivity index (χ1) is 8.61. The maximum Gasteiger partial charge on any atom is 0.252 e. The number of hydrogen-bond acceptors (Lipinski definition) is 2. The number of amides is 1. The Kier molecular flexibility index (Phi) is 5.59. The maximum atomic E-state index is 11.5. The van der Waals surface area contributed by atoms with Crippen molar-refractivity contribution in [3.05, 3.63) is 52.8 Å². The third kappa shape index (κ3) is 3.44. The molecule has 1 amide bonds. The van der Waals surface area contributed by atoms with E-state index in [-0.39, 0.29) is 11.1 Å². The van der Waals surface area contributed by atoms with E-state index >= 15 is 0 Å². The summed E-state index contributed by atoms with van der Waals surface area (Å²) < 4.78 is 0. The van der Waals surface area contributed by atoms with Crippen LogP contribution in [0.2, 0.25) is 5.15 Å². The standard InChI is InChI=1S/C14H17ClN2O/c1-3-5-6-7-10(4-2)11-8-9-17-13(15)12(11)14(16)18/h3,5-10H,4H2,1-2H3,(H2,16,18)/b5-3+,7-6+. The van der Waals surface area contributed by atoms with Crippen molar-refractivity contribution in [3.63, 3.8) is 0 Å². The second-order valence-electron chi connectivity index (χ2n) is 3.86. The first-order valence-electron chi connectivity index (χ1n) is 5.85. The van der Waals surface area contributed by atoms with Gasteiger partial charge < -0.3 is 5.73 Å². The van der Waals surface area contributed by atoms with E-state index in [0.717, 1.165) is 12.0 Å². The van der Waals surface area contributed by atoms with Crippen LogP contribution in [0, 0.1) is 0 Å². The summed E-state index contributed by atoms with van der Waals surface area (Å²) >= 11 is 5.94. The molecule has 1 atom stereocenters. The minimum Gasteiger partial charge on any atom is -0.365 e. The highest BCUT2D eigenvalue weighted by molar-refractivity contribution is 6.32. The SMILES string of the molecule is C/C=C/C=C/C(CC)c1ccnc(Cl)c1C(N)=O. The van der Waals surface area contributed by atoms with Crippen molar-refractivity contribution in [1.29, 1.82) is 0 Å². The molecule has 0 spiro atoms. The van der Waals surface area contributed by atoms with Gasteiger partial charge in [0.15, 0.2) is 0 Å². The van der Waals surface area contributed by atoms with Crippen LogP contribution in [-0.4, -0.2) is 10.9 Å². The zero-order chi connectivity index (χ0) is 13.5. The fraction of sp³-hybridized carbons (Fsp3) is 0.286. The average molecular weight is 265 g/mol. The first-order valence-corrected chi connectivity index (χ1v) is 6.23. The van der Waals surface area contributed by atoms with Gasteiger partial charge in [-0.1, -0.05) is 42.8 Å². The highest BCUT2D eigenvalue weighted by atomic mass is 35.5. The van der Waals surface area contributed by atoms with Gasteiger partial charge in [-0.3, -0.25) is 4.79 Å². The average Bonchev–Trinajstić information content (AvgIpc) is 2.34. The molecule has 1 unspecified atom stereocenters. The van der Waals surface area contributed by atoms with Gasteiger partial charge in [0.25, 0.3) is 5.91 Å². The van der Waals surface area contributed by atoms with E-state index in [1.807, 2.05) is 38.2 Å². The van der Waals surface area contributed by atoms with Crippen LogP contribution in [0.4, 0.5) is 0 Å². The molecule has 1 aromatic heterocycles. The third-order valence-corrected chi connectivity index (χ3v) is 2.96. The van der Waals surface area contributed by atoms with Crippen LogP contribution in [0.15, 0.2) is 36.6 Å². The summed E-state index contributed by atoms with van der Waals surface area (Å²) in [4.78, 5) is 15.4. The van der Waals surface area contributed by atoms with Crippen molar-refractivity contribution < 1.29 is 4.79 Å². The molecule has 18 heavy (non-hydrogen) atoms. The summed E-state index contributed by atoms with van der Waals surface area (Å²) in [5, 5.41) is 0.165. The van der Waals surface area contributed by atoms with E-state index < -0.39 is 5.91 Å². The summed E-state index contributed by atoms with van der Waals surface area (Å²) in [5.74, 6) is -0.440. The van der Waals surface area contributed by atoms with Gasteiger partial charge in [-0.2, -0.15) is 0 Å². The number of rotatable bonds is 5. The zero-order valence-corrected chi connectivity index (χ0v) is 11.3. The van der Waals surface area contributed by atoms with Crippen molar-refractivity contribution in [2.24, 2.45) is 5.73 Å². The number of halogens is 1. The number of aromatic nitrogens is 1. The minimum absolute atomic E-state index is 0.101. The van der Waals surface area contributed by atoms with Crippen LogP contribution >= 0.6 is 11.6 Å². The lowest BCUT2D eigenvalue weighted by Crippen LogP contribution is -2.16. The number of hydrogen-bond donors (Lipinski definition) is 1. The van der Waals surface area contributed by atoms with Crippen LogP contribution < -0.4 is 5.73 Å². The number of nitrogens with two attached hydrogens (primary N) is 1. The van der Waals surface area contributed by atoms with Gasteiger partial charge in [0.1, 0.15) is 5.15 Å². The van der Waals surface area contributed by atoms with Crippen LogP contribution in [0.3, 0.4) is 0 Å². The maximum absolute atomic E-state index is 11.5. The Morgan fingerprint density at radius 2 is 2.28 bits per heavy atom. The molecule has 3 nitrogen and oxygen atoms in total. The third-order valence-electron chi connectivity index (χ3n) is 2.67. The van der Waals surface area contributed by atoms with Gasteiger partial charge in [0, 0.05) is 12.1 Å². The van der Waals surface area contributed by atoms with E-state index in [1.54, 1.807) is 12.3 Å². The van der Waals surface area contributed by atoms with E-state index in [9.17, 15) is 4.79 Å². The molecule has 0 saturated heterocycles. The smallest absolute Gasteiger partial charge is 0.252 e. The molecule has 1 heterocycles. The van der Waals surface area contributed by atoms with Gasteiger partial charge in [-0.05, 0) is 25.0 Å². The molecule has 1 rings (SSSR count). The van der Waals surface area contributed by atoms with Crippen molar-refractivity contribution in [2.75, 3.05) is 0 Å². The summed E-state index contributed by atoms with van der Waals surface area (Å²) in [6.07, 6.45) is 10.3. The van der Waals surface area contributed by atoms with Crippen LogP contribution in [0.5, 0.6) is 0 Å². The predicted octanol–water partition coefficient (Wildman–Crippen LogP) is 3.46. The number of nitrogens with zero attached hydrogens (tertiary/aromatic N) is 1. The molecular weight excluding hydrogens is 248 g/mol. The number of carbonyl (C=O) groups excluding carboxylic acids is 1. The Bertz CT molecular complexity index is 481. The van der Waals surface area contributed by atoms with E-state index in [1.165, 1.54) is 0 Å². The van der Waals surface area contributed by atoms with E-state index in [2.05, 4.69) is 4.98 Å². The summed E-state index contributed by atoms with van der Waals surface area (Å²) in [7, 11) is 0. The normalized spacial score (nSPS) is 13.3. The van der Waals surface area contributed by atoms with Gasteiger partial charge in [0.05, 0.1) is 5.56 Å². The van der Waals surface area contributed by atoms with Crippen molar-refractivity contribution >= 4 is 17.5 Å². The number of primary amides is 1. The lowest BCUT2D eigenvalue weighted by Gasteiger charge is -2.14.